The Morgan fingerprint density at radius 1 is 1.15 bits per heavy atom. The second-order valence-electron chi connectivity index (χ2n) is 6.64. The van der Waals surface area contributed by atoms with Crippen molar-refractivity contribution in [2.24, 2.45) is 10.8 Å². The smallest absolute Gasteiger partial charge is 0.226 e. The molecule has 2 aliphatic carbocycles. The zero-order chi connectivity index (χ0) is 14.1. The first kappa shape index (κ1) is 13.6. The number of amides is 1. The van der Waals surface area contributed by atoms with E-state index in [1.165, 1.54) is 5.56 Å². The average Bonchev–Trinajstić information content (AvgIpc) is 3.22. The lowest BCUT2D eigenvalue weighted by Crippen LogP contribution is -2.48. The highest BCUT2D eigenvalue weighted by Crippen LogP contribution is 2.46. The zero-order valence-electron chi connectivity index (χ0n) is 11.9. The molecule has 0 saturated heterocycles. The molecule has 0 spiro atoms. The molecule has 0 atom stereocenters. The number of hydrogen-bond acceptors (Lipinski definition) is 2. The molecule has 2 N–H and O–H groups in total. The third kappa shape index (κ3) is 2.59. The van der Waals surface area contributed by atoms with Crippen LogP contribution in [-0.4, -0.2) is 24.2 Å². The molecular formula is C17H23NO2. The normalized spacial score (nSPS) is 21.9. The van der Waals surface area contributed by atoms with E-state index in [-0.39, 0.29) is 23.3 Å². The van der Waals surface area contributed by atoms with E-state index in [0.717, 1.165) is 38.5 Å². The summed E-state index contributed by atoms with van der Waals surface area (Å²) in [6, 6.07) is 10.3. The van der Waals surface area contributed by atoms with Crippen LogP contribution >= 0.6 is 0 Å². The first-order chi connectivity index (χ1) is 9.68. The molecule has 0 aliphatic heterocycles. The summed E-state index contributed by atoms with van der Waals surface area (Å²) in [6.07, 6.45) is 6.03. The molecule has 1 aromatic carbocycles. The Kier molecular flexibility index (Phi) is 3.55. The Balaban J connectivity index is 1.61. The average molecular weight is 273 g/mol. The van der Waals surface area contributed by atoms with E-state index < -0.39 is 0 Å². The topological polar surface area (TPSA) is 49.3 Å². The largest absolute Gasteiger partial charge is 0.396 e. The Bertz CT molecular complexity index is 475. The lowest BCUT2D eigenvalue weighted by atomic mass is 9.64. The minimum atomic E-state index is -0.201. The van der Waals surface area contributed by atoms with Crippen molar-refractivity contribution in [1.82, 2.24) is 5.32 Å². The van der Waals surface area contributed by atoms with Crippen molar-refractivity contribution in [3.8, 4) is 0 Å². The fraction of sp³-hybridized carbons (Fsp3) is 0.588. The van der Waals surface area contributed by atoms with Crippen molar-refractivity contribution in [2.75, 3.05) is 13.2 Å². The summed E-state index contributed by atoms with van der Waals surface area (Å²) >= 11 is 0. The minimum absolute atomic E-state index is 0.00660. The van der Waals surface area contributed by atoms with Gasteiger partial charge in [-0.25, -0.2) is 0 Å². The summed E-state index contributed by atoms with van der Waals surface area (Å²) in [4.78, 5) is 12.5. The van der Waals surface area contributed by atoms with Gasteiger partial charge < -0.3 is 10.4 Å². The van der Waals surface area contributed by atoms with E-state index in [1.54, 1.807) is 0 Å². The van der Waals surface area contributed by atoms with Crippen LogP contribution in [0.5, 0.6) is 0 Å². The second kappa shape index (κ2) is 5.21. The molecule has 3 heteroatoms. The molecule has 1 aromatic rings. The molecule has 0 heterocycles. The van der Waals surface area contributed by atoms with Crippen LogP contribution < -0.4 is 5.32 Å². The molecule has 0 aromatic heterocycles. The number of aliphatic hydroxyl groups is 1. The number of carbonyl (C=O) groups excluding carboxylic acids is 1. The van der Waals surface area contributed by atoms with Crippen molar-refractivity contribution >= 4 is 5.91 Å². The molecule has 1 amide bonds. The molecule has 108 valence electrons. The standard InChI is InChI=1S/C17H23NO2/c19-13-16(9-10-16)12-18-15(20)17(7-4-8-17)11-14-5-2-1-3-6-14/h1-3,5-6,19H,4,7-13H2,(H,18,20). The van der Waals surface area contributed by atoms with E-state index >= 15 is 0 Å². The fourth-order valence-corrected chi connectivity index (χ4v) is 3.10. The maximum absolute atomic E-state index is 12.5. The molecule has 20 heavy (non-hydrogen) atoms. The van der Waals surface area contributed by atoms with Crippen molar-refractivity contribution in [3.63, 3.8) is 0 Å². The van der Waals surface area contributed by atoms with Crippen LogP contribution in [0.25, 0.3) is 0 Å². The van der Waals surface area contributed by atoms with Gasteiger partial charge in [0.2, 0.25) is 5.91 Å². The number of rotatable bonds is 6. The molecule has 2 fully saturated rings. The Hall–Kier alpha value is -1.35. The molecule has 0 bridgehead atoms. The third-order valence-electron chi connectivity index (χ3n) is 5.09. The second-order valence-corrected chi connectivity index (χ2v) is 6.64. The van der Waals surface area contributed by atoms with E-state index in [0.29, 0.717) is 6.54 Å². The van der Waals surface area contributed by atoms with Crippen LogP contribution in [0, 0.1) is 10.8 Å². The van der Waals surface area contributed by atoms with Gasteiger partial charge in [0.15, 0.2) is 0 Å². The van der Waals surface area contributed by atoms with Gasteiger partial charge >= 0.3 is 0 Å². The van der Waals surface area contributed by atoms with Gasteiger partial charge in [-0.15, -0.1) is 0 Å². The summed E-state index contributed by atoms with van der Waals surface area (Å²) in [6.45, 7) is 0.831. The van der Waals surface area contributed by atoms with Gasteiger partial charge in [0.05, 0.1) is 12.0 Å². The van der Waals surface area contributed by atoms with Gasteiger partial charge in [-0.2, -0.15) is 0 Å². The maximum atomic E-state index is 12.5. The third-order valence-corrected chi connectivity index (χ3v) is 5.09. The molecule has 2 saturated carbocycles. The summed E-state index contributed by atoms with van der Waals surface area (Å²) in [5.41, 5.74) is 1.03. The lowest BCUT2D eigenvalue weighted by molar-refractivity contribution is -0.136. The van der Waals surface area contributed by atoms with Crippen LogP contribution in [0.3, 0.4) is 0 Å². The van der Waals surface area contributed by atoms with Gasteiger partial charge in [-0.3, -0.25) is 4.79 Å². The van der Waals surface area contributed by atoms with Crippen molar-refractivity contribution in [2.45, 2.75) is 38.5 Å². The SMILES string of the molecule is O=C(NCC1(CO)CC1)C1(Cc2ccccc2)CCC1. The molecule has 2 aliphatic rings. The van der Waals surface area contributed by atoms with E-state index in [9.17, 15) is 9.90 Å². The Labute approximate surface area is 120 Å². The van der Waals surface area contributed by atoms with Crippen LogP contribution in [-0.2, 0) is 11.2 Å². The number of benzene rings is 1. The first-order valence-corrected chi connectivity index (χ1v) is 7.61. The predicted octanol–water partition coefficient (Wildman–Crippen LogP) is 2.29. The number of carbonyl (C=O) groups is 1. The highest BCUT2D eigenvalue weighted by molar-refractivity contribution is 5.84. The van der Waals surface area contributed by atoms with Crippen LogP contribution in [0.4, 0.5) is 0 Å². The summed E-state index contributed by atoms with van der Waals surface area (Å²) in [5.74, 6) is 0.187. The number of nitrogens with one attached hydrogen (secondary N) is 1. The highest BCUT2D eigenvalue weighted by Gasteiger charge is 2.47. The zero-order valence-corrected chi connectivity index (χ0v) is 11.9. The maximum Gasteiger partial charge on any atom is 0.226 e. The molecule has 3 rings (SSSR count). The fourth-order valence-electron chi connectivity index (χ4n) is 3.10. The van der Waals surface area contributed by atoms with Crippen molar-refractivity contribution in [1.29, 1.82) is 0 Å². The quantitative estimate of drug-likeness (QED) is 0.835. The van der Waals surface area contributed by atoms with E-state index in [4.69, 9.17) is 0 Å². The summed E-state index contributed by atoms with van der Waals surface area (Å²) in [5, 5.41) is 12.4. The number of hydrogen-bond donors (Lipinski definition) is 2. The summed E-state index contributed by atoms with van der Waals surface area (Å²) in [7, 11) is 0. The van der Waals surface area contributed by atoms with Crippen LogP contribution in [0.1, 0.15) is 37.7 Å². The first-order valence-electron chi connectivity index (χ1n) is 7.61. The van der Waals surface area contributed by atoms with Gasteiger partial charge in [-0.1, -0.05) is 36.8 Å². The molecule has 0 unspecified atom stereocenters. The Morgan fingerprint density at radius 3 is 2.35 bits per heavy atom. The molecule has 0 radical (unpaired) electrons. The van der Waals surface area contributed by atoms with Crippen LogP contribution in [0.15, 0.2) is 30.3 Å². The van der Waals surface area contributed by atoms with Crippen LogP contribution in [0.2, 0.25) is 0 Å². The van der Waals surface area contributed by atoms with Gasteiger partial charge in [0.1, 0.15) is 0 Å². The summed E-state index contributed by atoms with van der Waals surface area (Å²) < 4.78 is 0. The van der Waals surface area contributed by atoms with Crippen molar-refractivity contribution in [3.05, 3.63) is 35.9 Å². The Morgan fingerprint density at radius 2 is 1.85 bits per heavy atom. The minimum Gasteiger partial charge on any atom is -0.396 e. The van der Waals surface area contributed by atoms with Crippen molar-refractivity contribution < 1.29 is 9.90 Å². The molecule has 3 nitrogen and oxygen atoms in total. The predicted molar refractivity (Wildman–Crippen MR) is 78.2 cm³/mol. The van der Waals surface area contributed by atoms with Gasteiger partial charge in [-0.05, 0) is 37.7 Å². The van der Waals surface area contributed by atoms with E-state index in [2.05, 4.69) is 17.4 Å². The van der Waals surface area contributed by atoms with Gasteiger partial charge in [0.25, 0.3) is 0 Å². The van der Waals surface area contributed by atoms with E-state index in [1.807, 2.05) is 18.2 Å². The monoisotopic (exact) mass is 273 g/mol. The molecular weight excluding hydrogens is 250 g/mol. The lowest BCUT2D eigenvalue weighted by Gasteiger charge is -2.40. The number of aliphatic hydroxyl groups excluding tert-OH is 1. The van der Waals surface area contributed by atoms with Gasteiger partial charge in [0, 0.05) is 12.0 Å². The highest BCUT2D eigenvalue weighted by atomic mass is 16.3.